The molecule has 3 rings (SSSR count). The van der Waals surface area contributed by atoms with Gasteiger partial charge in [0.25, 0.3) is 0 Å². The first-order valence-electron chi connectivity index (χ1n) is 7.46. The molecule has 1 atom stereocenters. The highest BCUT2D eigenvalue weighted by Crippen LogP contribution is 2.14. The number of aromatic nitrogens is 2. The Morgan fingerprint density at radius 1 is 1.18 bits per heavy atom. The van der Waals surface area contributed by atoms with E-state index < -0.39 is 0 Å². The molecule has 0 amide bonds. The van der Waals surface area contributed by atoms with Gasteiger partial charge in [0.15, 0.2) is 0 Å². The summed E-state index contributed by atoms with van der Waals surface area (Å²) >= 11 is 5.88. The summed E-state index contributed by atoms with van der Waals surface area (Å²) in [5.74, 6) is 1.41. The molecule has 0 spiro atoms. The van der Waals surface area contributed by atoms with E-state index in [1.54, 1.807) is 6.20 Å². The van der Waals surface area contributed by atoms with Gasteiger partial charge in [-0.3, -0.25) is 0 Å². The van der Waals surface area contributed by atoms with E-state index in [0.717, 1.165) is 42.4 Å². The second kappa shape index (κ2) is 7.42. The van der Waals surface area contributed by atoms with Crippen molar-refractivity contribution in [1.29, 1.82) is 0 Å². The van der Waals surface area contributed by atoms with E-state index in [2.05, 4.69) is 20.6 Å². The number of hydrogen-bond donors (Lipinski definition) is 2. The lowest BCUT2D eigenvalue weighted by Gasteiger charge is -2.11. The minimum atomic E-state index is 0.272. The molecule has 2 aromatic rings. The van der Waals surface area contributed by atoms with Crippen LogP contribution < -0.4 is 10.6 Å². The van der Waals surface area contributed by atoms with Gasteiger partial charge in [-0.25, -0.2) is 4.98 Å². The fourth-order valence-corrected chi connectivity index (χ4v) is 2.47. The minimum Gasteiger partial charge on any atom is -0.376 e. The Bertz CT molecular complexity index is 599. The lowest BCUT2D eigenvalue weighted by molar-refractivity contribution is 0.120. The molecule has 1 fully saturated rings. The zero-order valence-corrected chi connectivity index (χ0v) is 13.0. The lowest BCUT2D eigenvalue weighted by Crippen LogP contribution is -2.19. The minimum absolute atomic E-state index is 0.272. The number of anilines is 2. The molecule has 2 N–H and O–H groups in total. The highest BCUT2D eigenvalue weighted by Gasteiger charge is 2.15. The molecule has 1 aliphatic rings. The molecule has 22 heavy (non-hydrogen) atoms. The Labute approximate surface area is 135 Å². The van der Waals surface area contributed by atoms with Crippen LogP contribution in [0.3, 0.4) is 0 Å². The molecule has 116 valence electrons. The number of rotatable bonds is 6. The maximum atomic E-state index is 5.88. The van der Waals surface area contributed by atoms with E-state index in [4.69, 9.17) is 16.3 Å². The van der Waals surface area contributed by atoms with Crippen molar-refractivity contribution in [2.24, 2.45) is 0 Å². The predicted molar refractivity (Wildman–Crippen MR) is 88.3 cm³/mol. The van der Waals surface area contributed by atoms with Crippen molar-refractivity contribution in [1.82, 2.24) is 9.97 Å². The zero-order chi connectivity index (χ0) is 15.2. The highest BCUT2D eigenvalue weighted by molar-refractivity contribution is 6.30. The molecule has 1 saturated heterocycles. The first-order chi connectivity index (χ1) is 10.8. The molecule has 1 aromatic heterocycles. The van der Waals surface area contributed by atoms with Gasteiger partial charge < -0.3 is 15.4 Å². The van der Waals surface area contributed by atoms with Crippen LogP contribution in [0.1, 0.15) is 18.4 Å². The van der Waals surface area contributed by atoms with Gasteiger partial charge in [-0.2, -0.15) is 4.98 Å². The summed E-state index contributed by atoms with van der Waals surface area (Å²) in [6.45, 7) is 2.30. The number of nitrogens with one attached hydrogen (secondary N) is 2. The van der Waals surface area contributed by atoms with Crippen molar-refractivity contribution in [2.75, 3.05) is 23.8 Å². The summed E-state index contributed by atoms with van der Waals surface area (Å²) in [6.07, 6.45) is 4.25. The molecule has 5 nitrogen and oxygen atoms in total. The van der Waals surface area contributed by atoms with Crippen molar-refractivity contribution in [3.8, 4) is 0 Å². The summed E-state index contributed by atoms with van der Waals surface area (Å²) in [5.41, 5.74) is 1.15. The van der Waals surface area contributed by atoms with Gasteiger partial charge in [0.2, 0.25) is 5.95 Å². The number of halogens is 1. The number of ether oxygens (including phenoxy) is 1. The maximum Gasteiger partial charge on any atom is 0.224 e. The standard InChI is InChI=1S/C16H19ClN4O/c17-13-5-3-12(4-6-13)10-19-15-7-8-18-16(21-15)20-11-14-2-1-9-22-14/h3-8,14H,1-2,9-11H2,(H2,18,19,20,21). The van der Waals surface area contributed by atoms with Gasteiger partial charge in [0, 0.05) is 30.9 Å². The Hall–Kier alpha value is -1.85. The quantitative estimate of drug-likeness (QED) is 0.855. The molecule has 0 bridgehead atoms. The second-order valence-corrected chi connectivity index (χ2v) is 5.70. The summed E-state index contributed by atoms with van der Waals surface area (Å²) in [6, 6.07) is 9.60. The molecular weight excluding hydrogens is 300 g/mol. The summed E-state index contributed by atoms with van der Waals surface area (Å²) < 4.78 is 5.58. The van der Waals surface area contributed by atoms with E-state index in [-0.39, 0.29) is 6.10 Å². The van der Waals surface area contributed by atoms with E-state index >= 15 is 0 Å². The van der Waals surface area contributed by atoms with Crippen LogP contribution >= 0.6 is 11.6 Å². The molecule has 0 saturated carbocycles. The highest BCUT2D eigenvalue weighted by atomic mass is 35.5. The van der Waals surface area contributed by atoms with Gasteiger partial charge >= 0.3 is 0 Å². The fraction of sp³-hybridized carbons (Fsp3) is 0.375. The number of nitrogens with zero attached hydrogens (tertiary/aromatic N) is 2. The average molecular weight is 319 g/mol. The van der Waals surface area contributed by atoms with Crippen molar-refractivity contribution in [3.63, 3.8) is 0 Å². The predicted octanol–water partition coefficient (Wildman–Crippen LogP) is 3.33. The molecule has 0 aliphatic carbocycles. The fourth-order valence-electron chi connectivity index (χ4n) is 2.35. The Morgan fingerprint density at radius 2 is 2.05 bits per heavy atom. The van der Waals surface area contributed by atoms with E-state index in [1.165, 1.54) is 0 Å². The van der Waals surface area contributed by atoms with Crippen LogP contribution in [0.25, 0.3) is 0 Å². The van der Waals surface area contributed by atoms with Gasteiger partial charge in [-0.05, 0) is 36.6 Å². The molecule has 1 unspecified atom stereocenters. The smallest absolute Gasteiger partial charge is 0.224 e. The second-order valence-electron chi connectivity index (χ2n) is 5.26. The van der Waals surface area contributed by atoms with Crippen molar-refractivity contribution in [3.05, 3.63) is 47.1 Å². The first-order valence-corrected chi connectivity index (χ1v) is 7.84. The van der Waals surface area contributed by atoms with Crippen molar-refractivity contribution >= 4 is 23.4 Å². The normalized spacial score (nSPS) is 17.4. The lowest BCUT2D eigenvalue weighted by atomic mass is 10.2. The molecule has 6 heteroatoms. The van der Waals surface area contributed by atoms with E-state index in [9.17, 15) is 0 Å². The van der Waals surface area contributed by atoms with Gasteiger partial charge in [-0.15, -0.1) is 0 Å². The third-order valence-corrected chi connectivity index (χ3v) is 3.81. The summed E-state index contributed by atoms with van der Waals surface area (Å²) in [4.78, 5) is 8.68. The average Bonchev–Trinajstić information content (AvgIpc) is 3.06. The van der Waals surface area contributed by atoms with Gasteiger partial charge in [0.1, 0.15) is 5.82 Å². The maximum absolute atomic E-state index is 5.88. The van der Waals surface area contributed by atoms with Crippen LogP contribution in [0.4, 0.5) is 11.8 Å². The topological polar surface area (TPSA) is 59.1 Å². The van der Waals surface area contributed by atoms with Crippen LogP contribution in [0.15, 0.2) is 36.5 Å². The third kappa shape index (κ3) is 4.32. The molecule has 0 radical (unpaired) electrons. The first kappa shape index (κ1) is 15.1. The van der Waals surface area contributed by atoms with Crippen LogP contribution in [-0.2, 0) is 11.3 Å². The Balaban J connectivity index is 1.52. The van der Waals surface area contributed by atoms with Crippen LogP contribution in [0, 0.1) is 0 Å². The number of benzene rings is 1. The van der Waals surface area contributed by atoms with Crippen LogP contribution in [-0.4, -0.2) is 29.2 Å². The van der Waals surface area contributed by atoms with Crippen molar-refractivity contribution in [2.45, 2.75) is 25.5 Å². The Kier molecular flexibility index (Phi) is 5.08. The third-order valence-electron chi connectivity index (χ3n) is 3.55. The summed E-state index contributed by atoms with van der Waals surface area (Å²) in [5, 5.41) is 7.25. The van der Waals surface area contributed by atoms with Gasteiger partial charge in [-0.1, -0.05) is 23.7 Å². The SMILES string of the molecule is Clc1ccc(CNc2ccnc(NCC3CCCO3)n2)cc1. The molecule has 2 heterocycles. The van der Waals surface area contributed by atoms with Crippen LogP contribution in [0.5, 0.6) is 0 Å². The molecule has 1 aromatic carbocycles. The zero-order valence-electron chi connectivity index (χ0n) is 12.3. The van der Waals surface area contributed by atoms with Crippen molar-refractivity contribution < 1.29 is 4.74 Å². The molecular formula is C16H19ClN4O. The monoisotopic (exact) mass is 318 g/mol. The largest absolute Gasteiger partial charge is 0.376 e. The molecule has 1 aliphatic heterocycles. The van der Waals surface area contributed by atoms with E-state index in [0.29, 0.717) is 12.5 Å². The van der Waals surface area contributed by atoms with E-state index in [1.807, 2.05) is 30.3 Å². The van der Waals surface area contributed by atoms with Crippen LogP contribution in [0.2, 0.25) is 5.02 Å². The number of hydrogen-bond acceptors (Lipinski definition) is 5. The van der Waals surface area contributed by atoms with Gasteiger partial charge in [0.05, 0.1) is 6.10 Å². The summed E-state index contributed by atoms with van der Waals surface area (Å²) in [7, 11) is 0. The Morgan fingerprint density at radius 3 is 2.82 bits per heavy atom.